The lowest BCUT2D eigenvalue weighted by molar-refractivity contribution is -0.118. The van der Waals surface area contributed by atoms with Crippen molar-refractivity contribution in [1.82, 2.24) is 14.7 Å². The summed E-state index contributed by atoms with van der Waals surface area (Å²) < 4.78 is 0. The lowest BCUT2D eigenvalue weighted by Crippen LogP contribution is -2.72. The molecule has 3 heteroatoms. The zero-order valence-corrected chi connectivity index (χ0v) is 11.7. The van der Waals surface area contributed by atoms with Crippen LogP contribution in [0.5, 0.6) is 0 Å². The van der Waals surface area contributed by atoms with Gasteiger partial charge in [0.25, 0.3) is 0 Å². The summed E-state index contributed by atoms with van der Waals surface area (Å²) in [6.07, 6.45) is 2.76. The maximum Gasteiger partial charge on any atom is 0.0212 e. The van der Waals surface area contributed by atoms with E-state index in [2.05, 4.69) is 35.7 Å². The minimum absolute atomic E-state index is 0.587. The molecule has 3 aliphatic heterocycles. The first-order chi connectivity index (χ1) is 7.99. The van der Waals surface area contributed by atoms with Gasteiger partial charge in [0, 0.05) is 38.1 Å². The van der Waals surface area contributed by atoms with Gasteiger partial charge in [-0.2, -0.15) is 0 Å². The smallest absolute Gasteiger partial charge is 0.0212 e. The Balaban J connectivity index is 1.46. The molecule has 0 unspecified atom stereocenters. The van der Waals surface area contributed by atoms with Crippen molar-refractivity contribution in [3.05, 3.63) is 0 Å². The van der Waals surface area contributed by atoms with Crippen LogP contribution in [0.4, 0.5) is 0 Å². The molecule has 3 saturated heterocycles. The fourth-order valence-corrected chi connectivity index (χ4v) is 4.17. The Kier molecular flexibility index (Phi) is 2.77. The number of likely N-dealkylation sites (tertiary alicyclic amines) is 3. The number of hydrogen-bond acceptors (Lipinski definition) is 3. The first-order valence-corrected chi connectivity index (χ1v) is 7.08. The number of hydrogen-bond donors (Lipinski definition) is 0. The summed E-state index contributed by atoms with van der Waals surface area (Å²) in [6, 6.07) is 0. The van der Waals surface area contributed by atoms with Crippen molar-refractivity contribution in [1.29, 1.82) is 0 Å². The molecule has 3 rings (SSSR count). The number of rotatable bonds is 2. The van der Waals surface area contributed by atoms with E-state index in [4.69, 9.17) is 0 Å². The zero-order chi connectivity index (χ0) is 12.1. The molecule has 17 heavy (non-hydrogen) atoms. The maximum atomic E-state index is 2.71. The molecule has 3 heterocycles. The second-order valence-corrected chi connectivity index (χ2v) is 7.43. The summed E-state index contributed by atoms with van der Waals surface area (Å²) in [6.45, 7) is 11.8. The highest BCUT2D eigenvalue weighted by Gasteiger charge is 2.51. The van der Waals surface area contributed by atoms with Crippen LogP contribution in [0.1, 0.15) is 19.8 Å². The second kappa shape index (κ2) is 3.94. The summed E-state index contributed by atoms with van der Waals surface area (Å²) in [5.41, 5.74) is 1.29. The Labute approximate surface area is 106 Å². The first kappa shape index (κ1) is 11.9. The number of piperidine rings is 1. The molecular formula is C14H27N3. The van der Waals surface area contributed by atoms with Crippen molar-refractivity contribution >= 4 is 0 Å². The molecule has 3 aliphatic rings. The van der Waals surface area contributed by atoms with E-state index in [-0.39, 0.29) is 0 Å². The molecule has 98 valence electrons. The molecule has 1 spiro atoms. The third-order valence-electron chi connectivity index (χ3n) is 5.13. The average molecular weight is 237 g/mol. The van der Waals surface area contributed by atoms with E-state index in [9.17, 15) is 0 Å². The summed E-state index contributed by atoms with van der Waals surface area (Å²) in [5.74, 6) is 0. The summed E-state index contributed by atoms with van der Waals surface area (Å²) >= 11 is 0. The van der Waals surface area contributed by atoms with Crippen LogP contribution in [-0.4, -0.2) is 74.6 Å². The lowest BCUT2D eigenvalue weighted by Gasteiger charge is -2.61. The predicted molar refractivity (Wildman–Crippen MR) is 71.2 cm³/mol. The van der Waals surface area contributed by atoms with E-state index in [0.29, 0.717) is 10.8 Å². The highest BCUT2D eigenvalue weighted by Crippen LogP contribution is 2.41. The fraction of sp³-hybridized carbons (Fsp3) is 1.00. The Bertz CT molecular complexity index is 280. The Morgan fingerprint density at radius 2 is 1.47 bits per heavy atom. The molecule has 0 radical (unpaired) electrons. The molecule has 0 amide bonds. The molecule has 0 N–H and O–H groups in total. The van der Waals surface area contributed by atoms with Crippen LogP contribution in [0, 0.1) is 10.8 Å². The van der Waals surface area contributed by atoms with Gasteiger partial charge in [-0.15, -0.1) is 0 Å². The molecule has 0 aromatic rings. The monoisotopic (exact) mass is 237 g/mol. The molecule has 0 atom stereocenters. The van der Waals surface area contributed by atoms with Gasteiger partial charge in [-0.3, -0.25) is 0 Å². The summed E-state index contributed by atoms with van der Waals surface area (Å²) in [7, 11) is 4.49. The lowest BCUT2D eigenvalue weighted by atomic mass is 9.71. The van der Waals surface area contributed by atoms with E-state index in [1.54, 1.807) is 0 Å². The van der Waals surface area contributed by atoms with Crippen LogP contribution < -0.4 is 0 Å². The molecule has 0 bridgehead atoms. The van der Waals surface area contributed by atoms with Crippen molar-refractivity contribution in [2.24, 2.45) is 10.8 Å². The van der Waals surface area contributed by atoms with Crippen molar-refractivity contribution in [3.63, 3.8) is 0 Å². The van der Waals surface area contributed by atoms with Crippen molar-refractivity contribution < 1.29 is 0 Å². The van der Waals surface area contributed by atoms with E-state index in [0.717, 1.165) is 0 Å². The van der Waals surface area contributed by atoms with Crippen molar-refractivity contribution in [2.45, 2.75) is 19.8 Å². The third kappa shape index (κ3) is 2.25. The van der Waals surface area contributed by atoms with Gasteiger partial charge in [-0.05, 0) is 45.4 Å². The van der Waals surface area contributed by atoms with Gasteiger partial charge in [0.15, 0.2) is 0 Å². The van der Waals surface area contributed by atoms with Gasteiger partial charge in [-0.25, -0.2) is 0 Å². The Hall–Kier alpha value is -0.120. The average Bonchev–Trinajstić information content (AvgIpc) is 2.18. The van der Waals surface area contributed by atoms with Crippen LogP contribution in [0.25, 0.3) is 0 Å². The predicted octanol–water partition coefficient (Wildman–Crippen LogP) is 0.966. The number of nitrogens with zero attached hydrogens (tertiary/aromatic N) is 3. The molecule has 3 nitrogen and oxygen atoms in total. The summed E-state index contributed by atoms with van der Waals surface area (Å²) in [4.78, 5) is 7.63. The molecule has 0 saturated carbocycles. The molecule has 0 aliphatic carbocycles. The Morgan fingerprint density at radius 3 is 2.00 bits per heavy atom. The van der Waals surface area contributed by atoms with Crippen molar-refractivity contribution in [2.75, 3.05) is 59.9 Å². The van der Waals surface area contributed by atoms with Crippen LogP contribution in [0.3, 0.4) is 0 Å². The van der Waals surface area contributed by atoms with E-state index < -0.39 is 0 Å². The van der Waals surface area contributed by atoms with Crippen molar-refractivity contribution in [3.8, 4) is 0 Å². The largest absolute Gasteiger partial charge is 0.306 e. The maximum absolute atomic E-state index is 2.71. The quantitative estimate of drug-likeness (QED) is 0.708. The van der Waals surface area contributed by atoms with Gasteiger partial charge in [0.2, 0.25) is 0 Å². The normalized spacial score (nSPS) is 33.4. The van der Waals surface area contributed by atoms with Gasteiger partial charge in [-0.1, -0.05) is 6.92 Å². The van der Waals surface area contributed by atoms with Crippen LogP contribution >= 0.6 is 0 Å². The first-order valence-electron chi connectivity index (χ1n) is 7.08. The van der Waals surface area contributed by atoms with E-state index >= 15 is 0 Å². The fourth-order valence-electron chi connectivity index (χ4n) is 4.17. The molecule has 0 aromatic heterocycles. The summed E-state index contributed by atoms with van der Waals surface area (Å²) in [5, 5.41) is 0. The molecule has 3 fully saturated rings. The van der Waals surface area contributed by atoms with Gasteiger partial charge < -0.3 is 14.7 Å². The van der Waals surface area contributed by atoms with Crippen LogP contribution in [-0.2, 0) is 0 Å². The minimum atomic E-state index is 0.587. The topological polar surface area (TPSA) is 9.72 Å². The van der Waals surface area contributed by atoms with Gasteiger partial charge in [0.05, 0.1) is 0 Å². The second-order valence-electron chi connectivity index (χ2n) is 7.43. The SMILES string of the molecule is CN1CCC(C)(CN2CC3(CN(C)C3)C2)CC1. The van der Waals surface area contributed by atoms with E-state index in [1.807, 2.05) is 0 Å². The third-order valence-corrected chi connectivity index (χ3v) is 5.13. The van der Waals surface area contributed by atoms with Gasteiger partial charge in [0.1, 0.15) is 0 Å². The van der Waals surface area contributed by atoms with Crippen LogP contribution in [0.15, 0.2) is 0 Å². The standard InChI is InChI=1S/C14H27N3/c1-13(4-6-15(2)7-5-13)8-17-11-14(12-17)9-16(3)10-14/h4-12H2,1-3H3. The van der Waals surface area contributed by atoms with E-state index in [1.165, 1.54) is 58.7 Å². The Morgan fingerprint density at radius 1 is 0.882 bits per heavy atom. The minimum Gasteiger partial charge on any atom is -0.306 e. The zero-order valence-electron chi connectivity index (χ0n) is 11.7. The highest BCUT2D eigenvalue weighted by atomic mass is 15.3. The highest BCUT2D eigenvalue weighted by molar-refractivity contribution is 5.05. The molecule has 0 aromatic carbocycles. The van der Waals surface area contributed by atoms with Gasteiger partial charge >= 0.3 is 0 Å². The molecular weight excluding hydrogens is 210 g/mol. The van der Waals surface area contributed by atoms with Crippen LogP contribution in [0.2, 0.25) is 0 Å².